The van der Waals surface area contributed by atoms with E-state index in [0.29, 0.717) is 0 Å². The van der Waals surface area contributed by atoms with Crippen LogP contribution in [0.5, 0.6) is 0 Å². The number of carbonyl (C=O) groups is 2. The minimum atomic E-state index is -0.637. The number of carbonyl (C=O) groups excluding carboxylic acids is 2. The minimum absolute atomic E-state index is 0.0111. The molecule has 0 atom stereocenters. The third-order valence-electron chi connectivity index (χ3n) is 4.11. The number of hydrogen-bond donors (Lipinski definition) is 3. The molecule has 1 heterocycles. The number of amides is 2. The summed E-state index contributed by atoms with van der Waals surface area (Å²) in [5.74, 6) is -1.32. The van der Waals surface area contributed by atoms with Crippen LogP contribution in [0.4, 0.5) is 10.1 Å². The SMILES string of the molecule is Cc1ccc(NCC(=O)NNC(=O)c2ccc(-c3ccccc3F)o2)c(C)c1. The van der Waals surface area contributed by atoms with Gasteiger partial charge in [0.15, 0.2) is 5.76 Å². The van der Waals surface area contributed by atoms with E-state index in [4.69, 9.17) is 4.42 Å². The molecule has 0 spiro atoms. The number of furan rings is 1. The lowest BCUT2D eigenvalue weighted by molar-refractivity contribution is -0.120. The van der Waals surface area contributed by atoms with Crippen molar-refractivity contribution >= 4 is 17.5 Å². The first-order valence-electron chi connectivity index (χ1n) is 8.69. The number of hydrogen-bond acceptors (Lipinski definition) is 4. The standard InChI is InChI=1S/C21H20FN3O3/c1-13-7-8-17(14(2)11-13)23-12-20(26)24-25-21(27)19-10-9-18(28-19)15-5-3-4-6-16(15)22/h3-11,23H,12H2,1-2H3,(H,24,26)(H,25,27). The van der Waals surface area contributed by atoms with Crippen LogP contribution in [0.3, 0.4) is 0 Å². The van der Waals surface area contributed by atoms with Crippen LogP contribution in [0.1, 0.15) is 21.7 Å². The van der Waals surface area contributed by atoms with Crippen LogP contribution in [0.25, 0.3) is 11.3 Å². The van der Waals surface area contributed by atoms with Gasteiger partial charge in [-0.2, -0.15) is 0 Å². The Hall–Kier alpha value is -3.61. The molecular weight excluding hydrogens is 361 g/mol. The van der Waals surface area contributed by atoms with E-state index in [1.54, 1.807) is 18.2 Å². The molecule has 3 rings (SSSR count). The lowest BCUT2D eigenvalue weighted by Crippen LogP contribution is -2.44. The Morgan fingerprint density at radius 3 is 2.54 bits per heavy atom. The van der Waals surface area contributed by atoms with Gasteiger partial charge in [-0.1, -0.05) is 29.8 Å². The number of rotatable bonds is 5. The van der Waals surface area contributed by atoms with Crippen molar-refractivity contribution in [3.63, 3.8) is 0 Å². The third-order valence-corrected chi connectivity index (χ3v) is 4.11. The summed E-state index contributed by atoms with van der Waals surface area (Å²) < 4.78 is 19.2. The molecule has 2 amide bonds. The molecule has 0 unspecified atom stereocenters. The molecular formula is C21H20FN3O3. The number of benzene rings is 2. The molecule has 0 fully saturated rings. The van der Waals surface area contributed by atoms with E-state index in [-0.39, 0.29) is 23.6 Å². The van der Waals surface area contributed by atoms with Gasteiger partial charge in [0, 0.05) is 5.69 Å². The van der Waals surface area contributed by atoms with E-state index >= 15 is 0 Å². The predicted octanol–water partition coefficient (Wildman–Crippen LogP) is 3.58. The summed E-state index contributed by atoms with van der Waals surface area (Å²) in [6, 6.07) is 14.8. The van der Waals surface area contributed by atoms with Crippen LogP contribution >= 0.6 is 0 Å². The molecule has 0 aliphatic rings. The summed E-state index contributed by atoms with van der Waals surface area (Å²) in [5, 5.41) is 3.01. The first kappa shape index (κ1) is 19.2. The smallest absolute Gasteiger partial charge is 0.305 e. The quantitative estimate of drug-likeness (QED) is 0.590. The average molecular weight is 381 g/mol. The van der Waals surface area contributed by atoms with Crippen LogP contribution in [-0.4, -0.2) is 18.4 Å². The van der Waals surface area contributed by atoms with E-state index in [1.807, 2.05) is 32.0 Å². The van der Waals surface area contributed by atoms with Gasteiger partial charge in [-0.25, -0.2) is 4.39 Å². The summed E-state index contributed by atoms with van der Waals surface area (Å²) >= 11 is 0. The molecule has 0 bridgehead atoms. The van der Waals surface area contributed by atoms with E-state index in [1.165, 1.54) is 18.2 Å². The van der Waals surface area contributed by atoms with Gasteiger partial charge < -0.3 is 9.73 Å². The van der Waals surface area contributed by atoms with Crippen molar-refractivity contribution in [2.24, 2.45) is 0 Å². The van der Waals surface area contributed by atoms with Gasteiger partial charge in [-0.05, 0) is 49.7 Å². The van der Waals surface area contributed by atoms with Crippen molar-refractivity contribution in [2.45, 2.75) is 13.8 Å². The highest BCUT2D eigenvalue weighted by molar-refractivity contribution is 5.94. The van der Waals surface area contributed by atoms with Gasteiger partial charge in [0.05, 0.1) is 12.1 Å². The number of nitrogens with one attached hydrogen (secondary N) is 3. The maximum Gasteiger partial charge on any atom is 0.305 e. The molecule has 2 aromatic carbocycles. The van der Waals surface area contributed by atoms with E-state index in [9.17, 15) is 14.0 Å². The highest BCUT2D eigenvalue weighted by atomic mass is 19.1. The van der Waals surface area contributed by atoms with Gasteiger partial charge in [0.1, 0.15) is 11.6 Å². The van der Waals surface area contributed by atoms with Crippen LogP contribution in [0, 0.1) is 19.7 Å². The molecule has 28 heavy (non-hydrogen) atoms. The van der Waals surface area contributed by atoms with Crippen molar-refractivity contribution < 1.29 is 18.4 Å². The molecule has 0 radical (unpaired) electrons. The number of hydrazine groups is 1. The van der Waals surface area contributed by atoms with E-state index < -0.39 is 17.6 Å². The Morgan fingerprint density at radius 1 is 1.00 bits per heavy atom. The monoisotopic (exact) mass is 381 g/mol. The summed E-state index contributed by atoms with van der Waals surface area (Å²) in [6.07, 6.45) is 0. The predicted molar refractivity (Wildman–Crippen MR) is 104 cm³/mol. The van der Waals surface area contributed by atoms with Crippen molar-refractivity contribution in [2.75, 3.05) is 11.9 Å². The molecule has 3 aromatic rings. The fraction of sp³-hybridized carbons (Fsp3) is 0.143. The van der Waals surface area contributed by atoms with Gasteiger partial charge in [-0.3, -0.25) is 20.4 Å². The fourth-order valence-electron chi connectivity index (χ4n) is 2.69. The van der Waals surface area contributed by atoms with Crippen LogP contribution < -0.4 is 16.2 Å². The highest BCUT2D eigenvalue weighted by Gasteiger charge is 2.15. The summed E-state index contributed by atoms with van der Waals surface area (Å²) in [5.41, 5.74) is 7.83. The molecule has 0 saturated carbocycles. The number of anilines is 1. The summed E-state index contributed by atoms with van der Waals surface area (Å²) in [7, 11) is 0. The van der Waals surface area contributed by atoms with Crippen LogP contribution in [0.2, 0.25) is 0 Å². The van der Waals surface area contributed by atoms with Crippen LogP contribution in [0.15, 0.2) is 59.0 Å². The Balaban J connectivity index is 1.53. The first-order chi connectivity index (χ1) is 13.4. The second kappa shape index (κ2) is 8.39. The third kappa shape index (κ3) is 4.56. The van der Waals surface area contributed by atoms with Gasteiger partial charge in [-0.15, -0.1) is 0 Å². The number of aryl methyl sites for hydroxylation is 2. The Labute approximate surface area is 161 Å². The molecule has 3 N–H and O–H groups in total. The second-order valence-electron chi connectivity index (χ2n) is 6.32. The lowest BCUT2D eigenvalue weighted by atomic mass is 10.1. The van der Waals surface area contributed by atoms with Crippen molar-refractivity contribution in [3.05, 3.63) is 77.3 Å². The molecule has 144 valence electrons. The maximum atomic E-state index is 13.8. The summed E-state index contributed by atoms with van der Waals surface area (Å²) in [4.78, 5) is 24.0. The molecule has 6 nitrogen and oxygen atoms in total. The van der Waals surface area contributed by atoms with Crippen molar-refractivity contribution in [1.82, 2.24) is 10.9 Å². The molecule has 0 aliphatic carbocycles. The van der Waals surface area contributed by atoms with Gasteiger partial charge in [0.2, 0.25) is 0 Å². The Bertz CT molecular complexity index is 1010. The Kier molecular flexibility index (Phi) is 5.74. The zero-order valence-electron chi connectivity index (χ0n) is 15.5. The first-order valence-corrected chi connectivity index (χ1v) is 8.69. The zero-order chi connectivity index (χ0) is 20.1. The number of halogens is 1. The van der Waals surface area contributed by atoms with E-state index in [2.05, 4.69) is 16.2 Å². The fourth-order valence-corrected chi connectivity index (χ4v) is 2.69. The highest BCUT2D eigenvalue weighted by Crippen LogP contribution is 2.24. The topological polar surface area (TPSA) is 83.4 Å². The zero-order valence-corrected chi connectivity index (χ0v) is 15.5. The van der Waals surface area contributed by atoms with Crippen molar-refractivity contribution in [3.8, 4) is 11.3 Å². The van der Waals surface area contributed by atoms with Crippen LogP contribution in [-0.2, 0) is 4.79 Å². The average Bonchev–Trinajstić information content (AvgIpc) is 3.16. The van der Waals surface area contributed by atoms with Gasteiger partial charge >= 0.3 is 5.91 Å². The Morgan fingerprint density at radius 2 is 1.79 bits per heavy atom. The van der Waals surface area contributed by atoms with Gasteiger partial charge in [0.25, 0.3) is 5.91 Å². The maximum absolute atomic E-state index is 13.8. The normalized spacial score (nSPS) is 10.4. The molecule has 0 aliphatic heterocycles. The minimum Gasteiger partial charge on any atom is -0.451 e. The van der Waals surface area contributed by atoms with Crippen molar-refractivity contribution in [1.29, 1.82) is 0 Å². The second-order valence-corrected chi connectivity index (χ2v) is 6.32. The largest absolute Gasteiger partial charge is 0.451 e. The lowest BCUT2D eigenvalue weighted by Gasteiger charge is -2.11. The van der Waals surface area contributed by atoms with E-state index in [0.717, 1.165) is 16.8 Å². The molecule has 7 heteroatoms. The molecule has 0 saturated heterocycles. The summed E-state index contributed by atoms with van der Waals surface area (Å²) in [6.45, 7) is 3.92. The molecule has 1 aromatic heterocycles.